The number of benzene rings is 1. The zero-order valence-electron chi connectivity index (χ0n) is 15.7. The zero-order chi connectivity index (χ0) is 20.5. The number of amides is 1. The summed E-state index contributed by atoms with van der Waals surface area (Å²) in [5, 5.41) is 3.06. The van der Waals surface area contributed by atoms with Crippen molar-refractivity contribution in [2.45, 2.75) is 26.8 Å². The molecule has 1 heterocycles. The summed E-state index contributed by atoms with van der Waals surface area (Å²) in [7, 11) is 0. The normalized spacial score (nSPS) is 10.7. The highest BCUT2D eigenvalue weighted by atomic mass is 35.5. The molecule has 0 aliphatic rings. The maximum atomic E-state index is 13.0. The molecular formula is C19H22Cl2N2O4S. The van der Waals surface area contributed by atoms with Gasteiger partial charge in [-0.15, -0.1) is 11.3 Å². The van der Waals surface area contributed by atoms with Crippen LogP contribution in [0, 0.1) is 0 Å². The van der Waals surface area contributed by atoms with Crippen molar-refractivity contribution in [3.63, 3.8) is 0 Å². The number of rotatable bonds is 10. The molecule has 9 heteroatoms. The number of nitrogens with zero attached hydrogens (tertiary/aromatic N) is 2. The highest BCUT2D eigenvalue weighted by molar-refractivity contribution is 7.09. The Morgan fingerprint density at radius 1 is 1.14 bits per heavy atom. The molecule has 0 saturated heterocycles. The molecule has 0 unspecified atom stereocenters. The van der Waals surface area contributed by atoms with Crippen LogP contribution < -0.4 is 0 Å². The Bertz CT molecular complexity index is 793. The first-order valence-corrected chi connectivity index (χ1v) is 10.5. The van der Waals surface area contributed by atoms with E-state index in [9.17, 15) is 9.59 Å². The van der Waals surface area contributed by atoms with Crippen LogP contribution in [0.3, 0.4) is 0 Å². The number of aromatic nitrogens is 1. The fraction of sp³-hybridized carbons (Fsp3) is 0.421. The number of halogens is 2. The van der Waals surface area contributed by atoms with Gasteiger partial charge in [-0.05, 0) is 38.5 Å². The van der Waals surface area contributed by atoms with Crippen LogP contribution in [-0.4, -0.2) is 48.1 Å². The van der Waals surface area contributed by atoms with Crippen LogP contribution in [0.25, 0.3) is 0 Å². The molecule has 152 valence electrons. The summed E-state index contributed by atoms with van der Waals surface area (Å²) >= 11 is 13.4. The maximum absolute atomic E-state index is 13.0. The summed E-state index contributed by atoms with van der Waals surface area (Å²) in [5.41, 5.74) is 0.644. The monoisotopic (exact) mass is 444 g/mol. The minimum atomic E-state index is -0.471. The largest absolute Gasteiger partial charge is 0.461 e. The van der Waals surface area contributed by atoms with Crippen LogP contribution in [-0.2, 0) is 16.0 Å². The van der Waals surface area contributed by atoms with Gasteiger partial charge >= 0.3 is 5.97 Å². The number of carbonyl (C=O) groups excluding carboxylic acids is 2. The van der Waals surface area contributed by atoms with E-state index in [1.807, 2.05) is 6.92 Å². The number of hydrogen-bond acceptors (Lipinski definition) is 6. The predicted octanol–water partition coefficient (Wildman–Crippen LogP) is 4.70. The Labute approximate surface area is 178 Å². The molecule has 2 aromatic rings. The van der Waals surface area contributed by atoms with Crippen molar-refractivity contribution in [2.24, 2.45) is 0 Å². The highest BCUT2D eigenvalue weighted by Gasteiger charge is 2.20. The second-order valence-electron chi connectivity index (χ2n) is 5.78. The SMILES string of the molecule is CCOCCCN(Cc1nc(C(=O)OCC)cs1)C(=O)c1cc(Cl)cc(Cl)c1. The summed E-state index contributed by atoms with van der Waals surface area (Å²) in [5.74, 6) is -0.686. The van der Waals surface area contributed by atoms with Gasteiger partial charge in [0.15, 0.2) is 5.69 Å². The Balaban J connectivity index is 2.16. The van der Waals surface area contributed by atoms with E-state index in [2.05, 4.69) is 4.98 Å². The average molecular weight is 445 g/mol. The van der Waals surface area contributed by atoms with Gasteiger partial charge in [-0.25, -0.2) is 9.78 Å². The molecule has 0 aliphatic heterocycles. The lowest BCUT2D eigenvalue weighted by molar-refractivity contribution is 0.0520. The van der Waals surface area contributed by atoms with Crippen LogP contribution in [0.5, 0.6) is 0 Å². The first kappa shape index (κ1) is 22.6. The van der Waals surface area contributed by atoms with Gasteiger partial charge in [0, 0.05) is 40.7 Å². The van der Waals surface area contributed by atoms with Gasteiger partial charge in [-0.2, -0.15) is 0 Å². The van der Waals surface area contributed by atoms with E-state index in [4.69, 9.17) is 32.7 Å². The van der Waals surface area contributed by atoms with E-state index < -0.39 is 5.97 Å². The lowest BCUT2D eigenvalue weighted by Gasteiger charge is -2.22. The van der Waals surface area contributed by atoms with E-state index in [1.54, 1.807) is 35.4 Å². The smallest absolute Gasteiger partial charge is 0.357 e. The number of esters is 1. The van der Waals surface area contributed by atoms with Gasteiger partial charge in [0.2, 0.25) is 0 Å². The predicted molar refractivity (Wildman–Crippen MR) is 110 cm³/mol. The lowest BCUT2D eigenvalue weighted by Crippen LogP contribution is -2.32. The third-order valence-electron chi connectivity index (χ3n) is 3.68. The van der Waals surface area contributed by atoms with Crippen molar-refractivity contribution in [1.29, 1.82) is 0 Å². The van der Waals surface area contributed by atoms with E-state index in [0.29, 0.717) is 46.8 Å². The van der Waals surface area contributed by atoms with E-state index >= 15 is 0 Å². The van der Waals surface area contributed by atoms with Crippen LogP contribution in [0.15, 0.2) is 23.6 Å². The third-order valence-corrected chi connectivity index (χ3v) is 4.95. The molecule has 0 radical (unpaired) electrons. The molecule has 0 aliphatic carbocycles. The summed E-state index contributed by atoms with van der Waals surface area (Å²) in [6.45, 7) is 5.83. The second-order valence-corrected chi connectivity index (χ2v) is 7.60. The molecule has 0 spiro atoms. The third kappa shape index (κ3) is 6.74. The number of hydrogen-bond donors (Lipinski definition) is 0. The minimum Gasteiger partial charge on any atom is -0.461 e. The Kier molecular flexibility index (Phi) is 9.18. The standard InChI is InChI=1S/C19H22Cl2N2O4S/c1-3-26-7-5-6-23(18(24)13-8-14(20)10-15(21)9-13)11-17-22-16(12-28-17)19(25)27-4-2/h8-10,12H,3-7,11H2,1-2H3. The maximum Gasteiger partial charge on any atom is 0.357 e. The van der Waals surface area contributed by atoms with E-state index in [-0.39, 0.29) is 24.8 Å². The summed E-state index contributed by atoms with van der Waals surface area (Å²) in [4.78, 5) is 30.8. The quantitative estimate of drug-likeness (QED) is 0.392. The van der Waals surface area contributed by atoms with Crippen molar-refractivity contribution in [2.75, 3.05) is 26.4 Å². The molecule has 0 bridgehead atoms. The Morgan fingerprint density at radius 2 is 1.86 bits per heavy atom. The van der Waals surface area contributed by atoms with Crippen LogP contribution in [0.4, 0.5) is 0 Å². The van der Waals surface area contributed by atoms with Crippen molar-refractivity contribution >= 4 is 46.4 Å². The first-order chi connectivity index (χ1) is 13.4. The molecule has 0 fully saturated rings. The van der Waals surface area contributed by atoms with E-state index in [1.165, 1.54) is 11.3 Å². The molecule has 6 nitrogen and oxygen atoms in total. The molecule has 1 aromatic carbocycles. The van der Waals surface area contributed by atoms with Crippen molar-refractivity contribution < 1.29 is 19.1 Å². The van der Waals surface area contributed by atoms with Gasteiger partial charge in [0.05, 0.1) is 13.2 Å². The molecular weight excluding hydrogens is 423 g/mol. The van der Waals surface area contributed by atoms with Gasteiger partial charge in [0.1, 0.15) is 5.01 Å². The summed E-state index contributed by atoms with van der Waals surface area (Å²) in [6.07, 6.45) is 0.671. The first-order valence-electron chi connectivity index (χ1n) is 8.89. The lowest BCUT2D eigenvalue weighted by atomic mass is 10.2. The van der Waals surface area contributed by atoms with Crippen molar-refractivity contribution in [3.05, 3.63) is 49.9 Å². The topological polar surface area (TPSA) is 68.7 Å². The fourth-order valence-corrected chi connectivity index (χ4v) is 3.76. The Morgan fingerprint density at radius 3 is 2.50 bits per heavy atom. The van der Waals surface area contributed by atoms with Gasteiger partial charge < -0.3 is 14.4 Å². The fourth-order valence-electron chi connectivity index (χ4n) is 2.46. The van der Waals surface area contributed by atoms with Gasteiger partial charge in [0.25, 0.3) is 5.91 Å². The molecule has 1 aromatic heterocycles. The molecule has 1 amide bonds. The Hall–Kier alpha value is -1.67. The van der Waals surface area contributed by atoms with E-state index in [0.717, 1.165) is 0 Å². The van der Waals surface area contributed by atoms with Crippen LogP contribution in [0.1, 0.15) is 46.1 Å². The van der Waals surface area contributed by atoms with Gasteiger partial charge in [-0.3, -0.25) is 4.79 Å². The highest BCUT2D eigenvalue weighted by Crippen LogP contribution is 2.22. The molecule has 28 heavy (non-hydrogen) atoms. The van der Waals surface area contributed by atoms with Crippen LogP contribution in [0.2, 0.25) is 10.0 Å². The second kappa shape index (κ2) is 11.4. The molecule has 2 rings (SSSR count). The molecule has 0 N–H and O–H groups in total. The summed E-state index contributed by atoms with van der Waals surface area (Å²) in [6, 6.07) is 4.74. The average Bonchev–Trinajstić information content (AvgIpc) is 3.12. The zero-order valence-corrected chi connectivity index (χ0v) is 18.1. The van der Waals surface area contributed by atoms with Gasteiger partial charge in [-0.1, -0.05) is 23.2 Å². The van der Waals surface area contributed by atoms with Crippen molar-refractivity contribution in [1.82, 2.24) is 9.88 Å². The summed E-state index contributed by atoms with van der Waals surface area (Å²) < 4.78 is 10.3. The van der Waals surface area contributed by atoms with Crippen molar-refractivity contribution in [3.8, 4) is 0 Å². The minimum absolute atomic E-state index is 0.214. The van der Waals surface area contributed by atoms with Crippen LogP contribution >= 0.6 is 34.5 Å². The molecule has 0 atom stereocenters. The molecule has 0 saturated carbocycles. The number of carbonyl (C=O) groups is 2. The number of ether oxygens (including phenoxy) is 2. The number of thiazole rings is 1.